The number of halogens is 1. The second kappa shape index (κ2) is 9.52. The van der Waals surface area contributed by atoms with Gasteiger partial charge in [-0.15, -0.1) is 0 Å². The van der Waals surface area contributed by atoms with Crippen molar-refractivity contribution in [2.75, 3.05) is 44.6 Å². The van der Waals surface area contributed by atoms with Crippen LogP contribution < -0.4 is 15.0 Å². The topological polar surface area (TPSA) is 63.1 Å². The number of anilines is 1. The van der Waals surface area contributed by atoms with E-state index in [1.54, 1.807) is 17.0 Å². The van der Waals surface area contributed by atoms with Gasteiger partial charge in [0.25, 0.3) is 11.8 Å². The molecule has 2 N–H and O–H groups in total. The van der Waals surface area contributed by atoms with E-state index in [1.807, 2.05) is 32.0 Å². The summed E-state index contributed by atoms with van der Waals surface area (Å²) in [5.41, 5.74) is 2.96. The number of nitrogens with zero attached hydrogens (tertiary/aromatic N) is 1. The Morgan fingerprint density at radius 2 is 1.76 bits per heavy atom. The minimum atomic E-state index is -0.397. The van der Waals surface area contributed by atoms with Gasteiger partial charge in [0.1, 0.15) is 11.6 Å². The lowest BCUT2D eigenvalue weighted by Gasteiger charge is -2.31. The Bertz CT molecular complexity index is 859. The third-order valence-corrected chi connectivity index (χ3v) is 5.14. The number of carbonyl (C=O) groups is 2. The van der Waals surface area contributed by atoms with Crippen molar-refractivity contribution in [2.45, 2.75) is 13.8 Å². The molecule has 3 rings (SSSR count). The highest BCUT2D eigenvalue weighted by molar-refractivity contribution is 5.93. The normalized spacial score (nSPS) is 14.5. The predicted molar refractivity (Wildman–Crippen MR) is 109 cm³/mol. The van der Waals surface area contributed by atoms with Gasteiger partial charge in [-0.3, -0.25) is 9.59 Å². The number of piperazine rings is 1. The molecule has 0 spiro atoms. The Balaban J connectivity index is 1.42. The molecule has 0 aromatic heterocycles. The fourth-order valence-corrected chi connectivity index (χ4v) is 3.46. The highest BCUT2D eigenvalue weighted by Gasteiger charge is 2.25. The highest BCUT2D eigenvalue weighted by Crippen LogP contribution is 2.19. The third-order valence-electron chi connectivity index (χ3n) is 5.14. The Hall–Kier alpha value is -2.93. The minimum absolute atomic E-state index is 0.0217. The summed E-state index contributed by atoms with van der Waals surface area (Å²) in [4.78, 5) is 27.6. The molecule has 0 bridgehead atoms. The zero-order chi connectivity index (χ0) is 20.8. The SMILES string of the molecule is Cc1cccc(C)c1NC(=O)C[NH+]1CCN(C(=O)COc2cccc(F)c2)CC1. The second-order valence-electron chi connectivity index (χ2n) is 7.37. The molecule has 0 atom stereocenters. The van der Waals surface area contributed by atoms with E-state index in [-0.39, 0.29) is 18.4 Å². The van der Waals surface area contributed by atoms with Crippen LogP contribution in [0.1, 0.15) is 11.1 Å². The molecule has 0 unspecified atom stereocenters. The van der Waals surface area contributed by atoms with Gasteiger partial charge in [-0.25, -0.2) is 4.39 Å². The van der Waals surface area contributed by atoms with Crippen LogP contribution in [0.25, 0.3) is 0 Å². The van der Waals surface area contributed by atoms with Crippen molar-refractivity contribution in [1.82, 2.24) is 4.90 Å². The number of amides is 2. The minimum Gasteiger partial charge on any atom is -0.484 e. The summed E-state index contributed by atoms with van der Waals surface area (Å²) in [5, 5.41) is 3.01. The number of ether oxygens (including phenoxy) is 1. The summed E-state index contributed by atoms with van der Waals surface area (Å²) in [6.07, 6.45) is 0. The standard InChI is InChI=1S/C22H26FN3O3/c1-16-5-3-6-17(2)22(16)24-20(27)14-25-9-11-26(12-10-25)21(28)15-29-19-8-4-7-18(23)13-19/h3-8,13H,9-12,14-15H2,1-2H3,(H,24,27)/p+1. The quantitative estimate of drug-likeness (QED) is 0.766. The molecular weight excluding hydrogens is 373 g/mol. The lowest BCUT2D eigenvalue weighted by molar-refractivity contribution is -0.895. The van der Waals surface area contributed by atoms with E-state index in [9.17, 15) is 14.0 Å². The summed E-state index contributed by atoms with van der Waals surface area (Å²) >= 11 is 0. The van der Waals surface area contributed by atoms with Gasteiger partial charge in [0.2, 0.25) is 0 Å². The van der Waals surface area contributed by atoms with E-state index in [2.05, 4.69) is 5.32 Å². The summed E-state index contributed by atoms with van der Waals surface area (Å²) in [5.74, 6) is -0.211. The fraction of sp³-hybridized carbons (Fsp3) is 0.364. The van der Waals surface area contributed by atoms with Crippen LogP contribution in [0.4, 0.5) is 10.1 Å². The Kier molecular flexibility index (Phi) is 6.82. The summed E-state index contributed by atoms with van der Waals surface area (Å²) in [6, 6.07) is 11.7. The zero-order valence-electron chi connectivity index (χ0n) is 16.8. The molecule has 0 saturated carbocycles. The van der Waals surface area contributed by atoms with E-state index in [4.69, 9.17) is 4.74 Å². The van der Waals surface area contributed by atoms with E-state index in [0.717, 1.165) is 21.7 Å². The average molecular weight is 400 g/mol. The van der Waals surface area contributed by atoms with Crippen molar-refractivity contribution in [1.29, 1.82) is 0 Å². The molecule has 0 aliphatic carbocycles. The lowest BCUT2D eigenvalue weighted by Crippen LogP contribution is -3.15. The molecule has 29 heavy (non-hydrogen) atoms. The maximum atomic E-state index is 13.2. The first kappa shape index (κ1) is 20.8. The van der Waals surface area contributed by atoms with Crippen molar-refractivity contribution < 1.29 is 23.6 Å². The fourth-order valence-electron chi connectivity index (χ4n) is 3.46. The largest absolute Gasteiger partial charge is 0.484 e. The molecule has 2 amide bonds. The van der Waals surface area contributed by atoms with Crippen molar-refractivity contribution >= 4 is 17.5 Å². The predicted octanol–water partition coefficient (Wildman–Crippen LogP) is 1.19. The van der Waals surface area contributed by atoms with Crippen LogP contribution in [0.3, 0.4) is 0 Å². The number of para-hydroxylation sites is 1. The number of aryl methyl sites for hydroxylation is 2. The highest BCUT2D eigenvalue weighted by atomic mass is 19.1. The van der Waals surface area contributed by atoms with Crippen molar-refractivity contribution in [3.8, 4) is 5.75 Å². The van der Waals surface area contributed by atoms with E-state index in [1.165, 1.54) is 12.1 Å². The molecule has 0 radical (unpaired) electrons. The number of hydrogen-bond donors (Lipinski definition) is 2. The molecule has 1 aliphatic rings. The van der Waals surface area contributed by atoms with Crippen LogP contribution in [0.5, 0.6) is 5.75 Å². The monoisotopic (exact) mass is 400 g/mol. The van der Waals surface area contributed by atoms with Gasteiger partial charge in [-0.1, -0.05) is 24.3 Å². The Morgan fingerprint density at radius 1 is 1.10 bits per heavy atom. The van der Waals surface area contributed by atoms with E-state index in [0.29, 0.717) is 38.5 Å². The summed E-state index contributed by atoms with van der Waals surface area (Å²) in [7, 11) is 0. The van der Waals surface area contributed by atoms with Crippen LogP contribution in [0.2, 0.25) is 0 Å². The van der Waals surface area contributed by atoms with Gasteiger partial charge in [0.05, 0.1) is 26.2 Å². The van der Waals surface area contributed by atoms with Crippen LogP contribution in [0, 0.1) is 19.7 Å². The first-order chi connectivity index (χ1) is 13.9. The molecule has 1 heterocycles. The maximum Gasteiger partial charge on any atom is 0.279 e. The number of nitrogens with one attached hydrogen (secondary N) is 2. The first-order valence-corrected chi connectivity index (χ1v) is 9.78. The van der Waals surface area contributed by atoms with Crippen LogP contribution >= 0.6 is 0 Å². The van der Waals surface area contributed by atoms with Crippen LogP contribution in [0.15, 0.2) is 42.5 Å². The number of carbonyl (C=O) groups excluding carboxylic acids is 2. The summed E-state index contributed by atoms with van der Waals surface area (Å²) in [6.45, 7) is 6.74. The van der Waals surface area contributed by atoms with Gasteiger partial charge in [0, 0.05) is 11.8 Å². The molecule has 1 fully saturated rings. The van der Waals surface area contributed by atoms with Crippen LogP contribution in [-0.4, -0.2) is 56.0 Å². The van der Waals surface area contributed by atoms with Gasteiger partial charge in [-0.2, -0.15) is 0 Å². The molecular formula is C22H27FN3O3+. The third kappa shape index (κ3) is 5.77. The molecule has 154 valence electrons. The molecule has 6 nitrogen and oxygen atoms in total. The van der Waals surface area contributed by atoms with Gasteiger partial charge < -0.3 is 19.9 Å². The number of benzene rings is 2. The molecule has 7 heteroatoms. The van der Waals surface area contributed by atoms with E-state index < -0.39 is 5.82 Å². The van der Waals surface area contributed by atoms with Gasteiger partial charge in [-0.05, 0) is 37.1 Å². The van der Waals surface area contributed by atoms with Crippen molar-refractivity contribution in [3.63, 3.8) is 0 Å². The Morgan fingerprint density at radius 3 is 2.41 bits per heavy atom. The molecule has 2 aromatic carbocycles. The van der Waals surface area contributed by atoms with Crippen LogP contribution in [-0.2, 0) is 9.59 Å². The number of hydrogen-bond acceptors (Lipinski definition) is 3. The Labute approximate surface area is 170 Å². The van der Waals surface area contributed by atoms with Gasteiger partial charge >= 0.3 is 0 Å². The average Bonchev–Trinajstić information content (AvgIpc) is 2.70. The molecule has 1 aliphatic heterocycles. The second-order valence-corrected chi connectivity index (χ2v) is 7.37. The summed E-state index contributed by atoms with van der Waals surface area (Å²) < 4.78 is 18.5. The number of quaternary nitrogens is 1. The van der Waals surface area contributed by atoms with Gasteiger partial charge in [0.15, 0.2) is 13.2 Å². The van der Waals surface area contributed by atoms with Crippen molar-refractivity contribution in [2.24, 2.45) is 0 Å². The van der Waals surface area contributed by atoms with E-state index >= 15 is 0 Å². The van der Waals surface area contributed by atoms with Crippen molar-refractivity contribution in [3.05, 3.63) is 59.4 Å². The zero-order valence-corrected chi connectivity index (χ0v) is 16.8. The lowest BCUT2D eigenvalue weighted by atomic mass is 10.1. The number of rotatable bonds is 6. The first-order valence-electron chi connectivity index (χ1n) is 9.78. The molecule has 1 saturated heterocycles. The molecule has 2 aromatic rings. The maximum absolute atomic E-state index is 13.2. The smallest absolute Gasteiger partial charge is 0.279 e.